The van der Waals surface area contributed by atoms with E-state index in [2.05, 4.69) is 11.4 Å². The Morgan fingerprint density at radius 3 is 2.86 bits per heavy atom. The van der Waals surface area contributed by atoms with Crippen molar-refractivity contribution in [1.29, 1.82) is 5.26 Å². The fourth-order valence-corrected chi connectivity index (χ4v) is 2.34. The first-order chi connectivity index (χ1) is 10.0. The molecule has 1 atom stereocenters. The van der Waals surface area contributed by atoms with Crippen LogP contribution in [0.3, 0.4) is 0 Å². The molecule has 0 heterocycles. The molecule has 0 aromatic heterocycles. The second kappa shape index (κ2) is 6.06. The fraction of sp³-hybridized carbons (Fsp3) is 0.500. The van der Waals surface area contributed by atoms with E-state index in [0.717, 1.165) is 18.9 Å². The quantitative estimate of drug-likeness (QED) is 0.616. The van der Waals surface area contributed by atoms with Crippen molar-refractivity contribution < 1.29 is 14.1 Å². The van der Waals surface area contributed by atoms with Crippen LogP contribution in [0.2, 0.25) is 0 Å². The number of hydrogen-bond donors (Lipinski definition) is 1. The predicted molar refractivity (Wildman–Crippen MR) is 73.3 cm³/mol. The van der Waals surface area contributed by atoms with Crippen molar-refractivity contribution in [2.75, 3.05) is 13.2 Å². The fourth-order valence-electron chi connectivity index (χ4n) is 2.34. The number of nitrogens with one attached hydrogen (secondary N) is 1. The average Bonchev–Trinajstić information content (AvgIpc) is 3.29. The minimum Gasteiger partial charge on any atom is -0.482 e. The topological polar surface area (TPSA) is 88.2 Å². The van der Waals surface area contributed by atoms with Gasteiger partial charge in [0.25, 0.3) is 0 Å². The molecule has 1 unspecified atom stereocenters. The smallest absolute Gasteiger partial charge is 0.314 e. The van der Waals surface area contributed by atoms with Gasteiger partial charge in [0, 0.05) is 6.07 Å². The van der Waals surface area contributed by atoms with Gasteiger partial charge in [0.1, 0.15) is 12.1 Å². The lowest BCUT2D eigenvalue weighted by atomic mass is 9.96. The molecule has 6 nitrogen and oxygen atoms in total. The molecule has 1 saturated carbocycles. The summed E-state index contributed by atoms with van der Waals surface area (Å²) in [6.07, 6.45) is 1.78. The Kier molecular flexibility index (Phi) is 4.38. The van der Waals surface area contributed by atoms with Gasteiger partial charge in [-0.15, -0.1) is 0 Å². The summed E-state index contributed by atoms with van der Waals surface area (Å²) < 4.78 is 19.1. The lowest BCUT2D eigenvalue weighted by Crippen LogP contribution is -2.51. The van der Waals surface area contributed by atoms with E-state index in [1.807, 2.05) is 6.92 Å². The molecule has 112 valence electrons. The van der Waals surface area contributed by atoms with Gasteiger partial charge in [-0.1, -0.05) is 13.0 Å². The SMILES string of the molecule is CCNC(C#N)(COc1c(F)cccc1[N+](=O)[O-])C1CC1. The highest BCUT2D eigenvalue weighted by Gasteiger charge is 2.46. The highest BCUT2D eigenvalue weighted by molar-refractivity contribution is 5.47. The first kappa shape index (κ1) is 15.2. The van der Waals surface area contributed by atoms with Crippen LogP contribution in [0.15, 0.2) is 18.2 Å². The first-order valence-corrected chi connectivity index (χ1v) is 6.76. The van der Waals surface area contributed by atoms with Gasteiger partial charge < -0.3 is 4.74 Å². The number of nitrogens with zero attached hydrogens (tertiary/aromatic N) is 2. The molecule has 1 fully saturated rings. The first-order valence-electron chi connectivity index (χ1n) is 6.76. The number of nitro groups is 1. The van der Waals surface area contributed by atoms with E-state index in [9.17, 15) is 19.8 Å². The summed E-state index contributed by atoms with van der Waals surface area (Å²) in [5.41, 5.74) is -1.36. The summed E-state index contributed by atoms with van der Waals surface area (Å²) >= 11 is 0. The largest absolute Gasteiger partial charge is 0.482 e. The number of nitro benzene ring substituents is 1. The zero-order chi connectivity index (χ0) is 15.5. The second-order valence-corrected chi connectivity index (χ2v) is 5.02. The third-order valence-corrected chi connectivity index (χ3v) is 3.55. The van der Waals surface area contributed by atoms with Crippen molar-refractivity contribution in [2.45, 2.75) is 25.3 Å². The Balaban J connectivity index is 2.22. The van der Waals surface area contributed by atoms with Gasteiger partial charge in [-0.05, 0) is 31.4 Å². The molecule has 1 N–H and O–H groups in total. The normalized spacial score (nSPS) is 16.8. The molecule has 0 aliphatic heterocycles. The average molecular weight is 293 g/mol. The predicted octanol–water partition coefficient (Wildman–Crippen LogP) is 2.39. The molecule has 2 rings (SSSR count). The molecule has 1 aliphatic carbocycles. The summed E-state index contributed by atoms with van der Waals surface area (Å²) in [6.45, 7) is 2.30. The highest BCUT2D eigenvalue weighted by Crippen LogP contribution is 2.40. The van der Waals surface area contributed by atoms with Crippen molar-refractivity contribution in [1.82, 2.24) is 5.32 Å². The molecule has 0 spiro atoms. The summed E-state index contributed by atoms with van der Waals surface area (Å²) in [5.74, 6) is -1.09. The molecule has 0 amide bonds. The lowest BCUT2D eigenvalue weighted by molar-refractivity contribution is -0.386. The van der Waals surface area contributed by atoms with E-state index < -0.39 is 27.7 Å². The molecule has 21 heavy (non-hydrogen) atoms. The monoisotopic (exact) mass is 293 g/mol. The number of hydrogen-bond acceptors (Lipinski definition) is 5. The van der Waals surface area contributed by atoms with Gasteiger partial charge in [0.15, 0.2) is 5.82 Å². The van der Waals surface area contributed by atoms with E-state index in [1.165, 1.54) is 12.1 Å². The Morgan fingerprint density at radius 1 is 1.62 bits per heavy atom. The molecule has 7 heteroatoms. The molecule has 1 aliphatic rings. The Bertz CT molecular complexity index is 583. The van der Waals surface area contributed by atoms with E-state index in [1.54, 1.807) is 0 Å². The minimum atomic E-state index is -0.926. The lowest BCUT2D eigenvalue weighted by Gasteiger charge is -2.27. The van der Waals surface area contributed by atoms with Crippen LogP contribution in [0.1, 0.15) is 19.8 Å². The highest BCUT2D eigenvalue weighted by atomic mass is 19.1. The Morgan fingerprint density at radius 2 is 2.33 bits per heavy atom. The molecule has 1 aromatic rings. The van der Waals surface area contributed by atoms with E-state index in [4.69, 9.17) is 4.74 Å². The maximum Gasteiger partial charge on any atom is 0.314 e. The maximum atomic E-state index is 13.8. The van der Waals surface area contributed by atoms with Crippen LogP contribution in [0.4, 0.5) is 10.1 Å². The molecular formula is C14H16FN3O3. The summed E-state index contributed by atoms with van der Waals surface area (Å²) in [4.78, 5) is 10.2. The van der Waals surface area contributed by atoms with Gasteiger partial charge in [-0.3, -0.25) is 15.4 Å². The molecule has 1 aromatic carbocycles. The van der Waals surface area contributed by atoms with Crippen LogP contribution in [0, 0.1) is 33.2 Å². The zero-order valence-corrected chi connectivity index (χ0v) is 11.6. The van der Waals surface area contributed by atoms with E-state index in [0.29, 0.717) is 6.54 Å². The molecule has 0 bridgehead atoms. The second-order valence-electron chi connectivity index (χ2n) is 5.02. The number of para-hydroxylation sites is 1. The van der Waals surface area contributed by atoms with Crippen LogP contribution >= 0.6 is 0 Å². The maximum absolute atomic E-state index is 13.8. The number of halogens is 1. The van der Waals surface area contributed by atoms with Gasteiger partial charge in [0.2, 0.25) is 5.75 Å². The van der Waals surface area contributed by atoms with Crippen LogP contribution in [0.5, 0.6) is 5.75 Å². The van der Waals surface area contributed by atoms with Crippen molar-refractivity contribution in [3.8, 4) is 11.8 Å². The number of ether oxygens (including phenoxy) is 1. The summed E-state index contributed by atoms with van der Waals surface area (Å²) in [5, 5.41) is 23.4. The minimum absolute atomic E-state index is 0.121. The van der Waals surface area contributed by atoms with Crippen molar-refractivity contribution >= 4 is 5.69 Å². The summed E-state index contributed by atoms with van der Waals surface area (Å²) in [6, 6.07) is 5.72. The van der Waals surface area contributed by atoms with Gasteiger partial charge in [-0.2, -0.15) is 5.26 Å². The number of likely N-dealkylation sites (N-methyl/N-ethyl adjacent to an activating group) is 1. The van der Waals surface area contributed by atoms with E-state index in [-0.39, 0.29) is 12.5 Å². The Labute approximate surface area is 121 Å². The third kappa shape index (κ3) is 3.11. The standard InChI is InChI=1S/C14H16FN3O3/c1-2-17-14(8-16,10-6-7-10)9-21-13-11(15)4-3-5-12(13)18(19)20/h3-5,10,17H,2,6-7,9H2,1H3. The van der Waals surface area contributed by atoms with E-state index >= 15 is 0 Å². The van der Waals surface area contributed by atoms with Crippen molar-refractivity contribution in [3.63, 3.8) is 0 Å². The van der Waals surface area contributed by atoms with Crippen molar-refractivity contribution in [3.05, 3.63) is 34.1 Å². The van der Waals surface area contributed by atoms with Crippen molar-refractivity contribution in [2.24, 2.45) is 5.92 Å². The molecule has 0 radical (unpaired) electrons. The summed E-state index contributed by atoms with van der Waals surface area (Å²) in [7, 11) is 0. The van der Waals surface area contributed by atoms with Crippen LogP contribution in [-0.2, 0) is 0 Å². The molecule has 0 saturated heterocycles. The van der Waals surface area contributed by atoms with Gasteiger partial charge >= 0.3 is 5.69 Å². The van der Waals surface area contributed by atoms with Gasteiger partial charge in [-0.25, -0.2) is 4.39 Å². The van der Waals surface area contributed by atoms with Crippen LogP contribution in [-0.4, -0.2) is 23.6 Å². The number of nitriles is 1. The number of benzene rings is 1. The Hall–Kier alpha value is -2.20. The third-order valence-electron chi connectivity index (χ3n) is 3.55. The van der Waals surface area contributed by atoms with Crippen LogP contribution < -0.4 is 10.1 Å². The van der Waals surface area contributed by atoms with Crippen LogP contribution in [0.25, 0.3) is 0 Å². The molecular weight excluding hydrogens is 277 g/mol. The van der Waals surface area contributed by atoms with Gasteiger partial charge in [0.05, 0.1) is 11.0 Å². The number of rotatable bonds is 7. The zero-order valence-electron chi connectivity index (χ0n) is 11.6.